The fourth-order valence-corrected chi connectivity index (χ4v) is 4.47. The minimum absolute atomic E-state index is 0.0362. The van der Waals surface area contributed by atoms with Crippen molar-refractivity contribution in [3.05, 3.63) is 87.7 Å². The molecule has 1 aromatic heterocycles. The molecule has 0 spiro atoms. The van der Waals surface area contributed by atoms with Gasteiger partial charge in [-0.3, -0.25) is 4.99 Å². The lowest BCUT2D eigenvalue weighted by Gasteiger charge is -2.22. The molecule has 0 radical (unpaired) electrons. The molecule has 0 saturated carbocycles. The van der Waals surface area contributed by atoms with Crippen LogP contribution in [-0.4, -0.2) is 16.6 Å². The smallest absolute Gasteiger partial charge is 0.127 e. The number of benzene rings is 2. The van der Waals surface area contributed by atoms with Crippen LogP contribution in [0.25, 0.3) is 5.69 Å². The highest BCUT2D eigenvalue weighted by atomic mass is 35.5. The lowest BCUT2D eigenvalue weighted by atomic mass is 9.82. The second kappa shape index (κ2) is 6.50. The summed E-state index contributed by atoms with van der Waals surface area (Å²) in [6, 6.07) is 16.6. The fraction of sp³-hybridized carbons (Fsp3) is 0.217. The Hall–Kier alpha value is -2.65. The molecule has 1 aliphatic heterocycles. The zero-order valence-electron chi connectivity index (χ0n) is 14.9. The van der Waals surface area contributed by atoms with Crippen molar-refractivity contribution < 1.29 is 4.79 Å². The minimum Gasteiger partial charge on any atom is -0.315 e. The number of halogens is 1. The Kier molecular flexibility index (Phi) is 3.98. The van der Waals surface area contributed by atoms with E-state index in [2.05, 4.69) is 41.1 Å². The zero-order chi connectivity index (χ0) is 18.4. The van der Waals surface area contributed by atoms with Crippen molar-refractivity contribution in [1.29, 1.82) is 0 Å². The highest BCUT2D eigenvalue weighted by Gasteiger charge is 2.23. The van der Waals surface area contributed by atoms with Crippen LogP contribution >= 0.6 is 11.6 Å². The van der Waals surface area contributed by atoms with Crippen molar-refractivity contribution >= 4 is 23.6 Å². The van der Waals surface area contributed by atoms with E-state index in [1.54, 1.807) is 0 Å². The van der Waals surface area contributed by atoms with Crippen LogP contribution in [0.3, 0.4) is 0 Å². The molecule has 2 aliphatic rings. The summed E-state index contributed by atoms with van der Waals surface area (Å²) in [7, 11) is 0. The standard InChI is InChI=1S/C23H19ClN2O/c24-19-8-6-17-13-25-23(21-5-2-10-26(21)22(17)12-19)16-7-9-20-15(11-16)3-1-4-18(20)14-27/h2,5-12,14,18H,1,3-4,13H2. The molecule has 0 fully saturated rings. The molecule has 0 saturated heterocycles. The molecule has 2 aromatic carbocycles. The van der Waals surface area contributed by atoms with Gasteiger partial charge in [0.05, 0.1) is 23.6 Å². The first-order chi connectivity index (χ1) is 13.2. The molecule has 0 N–H and O–H groups in total. The number of aldehydes is 1. The Labute approximate surface area is 163 Å². The van der Waals surface area contributed by atoms with Crippen LogP contribution in [0.4, 0.5) is 0 Å². The number of nitrogens with zero attached hydrogens (tertiary/aromatic N) is 2. The molecule has 1 unspecified atom stereocenters. The third-order valence-corrected chi connectivity index (χ3v) is 5.88. The van der Waals surface area contributed by atoms with Gasteiger partial charge < -0.3 is 9.36 Å². The summed E-state index contributed by atoms with van der Waals surface area (Å²) in [4.78, 5) is 16.3. The van der Waals surface area contributed by atoms with Crippen LogP contribution < -0.4 is 0 Å². The van der Waals surface area contributed by atoms with Crippen LogP contribution in [0, 0.1) is 0 Å². The molecular formula is C23H19ClN2O. The van der Waals surface area contributed by atoms with E-state index >= 15 is 0 Å². The van der Waals surface area contributed by atoms with E-state index in [4.69, 9.17) is 16.6 Å². The number of carbonyl (C=O) groups is 1. The van der Waals surface area contributed by atoms with Crippen molar-refractivity contribution in [2.24, 2.45) is 4.99 Å². The molecule has 4 heteroatoms. The maximum absolute atomic E-state index is 11.4. The van der Waals surface area contributed by atoms with Gasteiger partial charge in [-0.15, -0.1) is 0 Å². The first-order valence-corrected chi connectivity index (χ1v) is 9.72. The molecule has 0 amide bonds. The third kappa shape index (κ3) is 2.74. The van der Waals surface area contributed by atoms with Crippen LogP contribution in [-0.2, 0) is 17.8 Å². The quantitative estimate of drug-likeness (QED) is 0.574. The van der Waals surface area contributed by atoms with Crippen molar-refractivity contribution in [3.63, 3.8) is 0 Å². The van der Waals surface area contributed by atoms with E-state index in [1.807, 2.05) is 18.2 Å². The summed E-state index contributed by atoms with van der Waals surface area (Å²) in [6.45, 7) is 0.623. The van der Waals surface area contributed by atoms with E-state index in [-0.39, 0.29) is 5.92 Å². The van der Waals surface area contributed by atoms with Gasteiger partial charge >= 0.3 is 0 Å². The predicted molar refractivity (Wildman–Crippen MR) is 108 cm³/mol. The van der Waals surface area contributed by atoms with Gasteiger partial charge in [0.2, 0.25) is 0 Å². The molecule has 134 valence electrons. The second-order valence-electron chi connectivity index (χ2n) is 7.25. The first kappa shape index (κ1) is 16.5. The van der Waals surface area contributed by atoms with Gasteiger partial charge in [0, 0.05) is 22.7 Å². The van der Waals surface area contributed by atoms with Crippen LogP contribution in [0.15, 0.2) is 59.7 Å². The number of hydrogen-bond acceptors (Lipinski definition) is 2. The summed E-state index contributed by atoms with van der Waals surface area (Å²) in [6.07, 6.45) is 6.19. The van der Waals surface area contributed by atoms with E-state index in [0.29, 0.717) is 6.54 Å². The van der Waals surface area contributed by atoms with Crippen LogP contribution in [0.1, 0.15) is 46.7 Å². The number of rotatable bonds is 2. The Balaban J connectivity index is 1.63. The molecule has 27 heavy (non-hydrogen) atoms. The minimum atomic E-state index is 0.0362. The number of aryl methyl sites for hydroxylation is 1. The van der Waals surface area contributed by atoms with Crippen LogP contribution in [0.5, 0.6) is 0 Å². The first-order valence-electron chi connectivity index (χ1n) is 9.34. The average Bonchev–Trinajstić information content (AvgIpc) is 3.12. The molecule has 0 bridgehead atoms. The van der Waals surface area contributed by atoms with E-state index < -0.39 is 0 Å². The van der Waals surface area contributed by atoms with Gasteiger partial charge in [-0.05, 0) is 66.3 Å². The second-order valence-corrected chi connectivity index (χ2v) is 7.69. The predicted octanol–water partition coefficient (Wildman–Crippen LogP) is 5.10. The number of aromatic nitrogens is 1. The number of carbonyl (C=O) groups excluding carboxylic acids is 1. The van der Waals surface area contributed by atoms with Gasteiger partial charge in [0.25, 0.3) is 0 Å². The zero-order valence-corrected chi connectivity index (χ0v) is 15.6. The molecule has 2 heterocycles. The summed E-state index contributed by atoms with van der Waals surface area (Å²) >= 11 is 6.24. The largest absolute Gasteiger partial charge is 0.315 e. The number of hydrogen-bond donors (Lipinski definition) is 0. The Morgan fingerprint density at radius 1 is 1.11 bits per heavy atom. The van der Waals surface area contributed by atoms with Crippen molar-refractivity contribution in [2.75, 3.05) is 0 Å². The van der Waals surface area contributed by atoms with Gasteiger partial charge in [0.1, 0.15) is 6.29 Å². The van der Waals surface area contributed by atoms with E-state index in [1.165, 1.54) is 11.1 Å². The Bertz CT molecular complexity index is 1080. The lowest BCUT2D eigenvalue weighted by molar-refractivity contribution is -0.109. The Morgan fingerprint density at radius 2 is 2.04 bits per heavy atom. The van der Waals surface area contributed by atoms with Gasteiger partial charge in [-0.1, -0.05) is 29.8 Å². The molecule has 1 atom stereocenters. The van der Waals surface area contributed by atoms with Gasteiger partial charge in [-0.2, -0.15) is 0 Å². The lowest BCUT2D eigenvalue weighted by Crippen LogP contribution is -2.14. The summed E-state index contributed by atoms with van der Waals surface area (Å²) < 4.78 is 2.17. The summed E-state index contributed by atoms with van der Waals surface area (Å²) in [5.41, 5.74) is 7.87. The number of fused-ring (bicyclic) bond motifs is 4. The normalized spacial score (nSPS) is 18.0. The van der Waals surface area contributed by atoms with Crippen molar-refractivity contribution in [2.45, 2.75) is 31.7 Å². The molecule has 1 aliphatic carbocycles. The Morgan fingerprint density at radius 3 is 2.93 bits per heavy atom. The monoisotopic (exact) mass is 374 g/mol. The molecule has 3 nitrogen and oxygen atoms in total. The highest BCUT2D eigenvalue weighted by Crippen LogP contribution is 2.33. The summed E-state index contributed by atoms with van der Waals surface area (Å²) in [5.74, 6) is 0.0362. The van der Waals surface area contributed by atoms with E-state index in [9.17, 15) is 4.79 Å². The summed E-state index contributed by atoms with van der Waals surface area (Å²) in [5, 5.41) is 0.727. The SMILES string of the molecule is O=CC1CCCc2cc(C3=NCc4ccc(Cl)cc4-n4cccc43)ccc21. The molecular weight excluding hydrogens is 356 g/mol. The van der Waals surface area contributed by atoms with E-state index in [0.717, 1.165) is 58.8 Å². The highest BCUT2D eigenvalue weighted by molar-refractivity contribution is 6.30. The fourth-order valence-electron chi connectivity index (χ4n) is 4.30. The maximum Gasteiger partial charge on any atom is 0.127 e. The van der Waals surface area contributed by atoms with Crippen LogP contribution in [0.2, 0.25) is 5.02 Å². The van der Waals surface area contributed by atoms with Gasteiger partial charge in [0.15, 0.2) is 0 Å². The average molecular weight is 375 g/mol. The maximum atomic E-state index is 11.4. The third-order valence-electron chi connectivity index (χ3n) is 5.65. The molecule has 3 aromatic rings. The van der Waals surface area contributed by atoms with Crippen molar-refractivity contribution in [3.8, 4) is 5.69 Å². The number of aliphatic imine (C=N–C) groups is 1. The molecule has 5 rings (SSSR count). The van der Waals surface area contributed by atoms with Gasteiger partial charge in [-0.25, -0.2) is 0 Å². The topological polar surface area (TPSA) is 34.4 Å². The van der Waals surface area contributed by atoms with Crippen molar-refractivity contribution in [1.82, 2.24) is 4.57 Å².